The first-order valence-electron chi connectivity index (χ1n) is 8.65. The Morgan fingerprint density at radius 1 is 1.24 bits per heavy atom. The summed E-state index contributed by atoms with van der Waals surface area (Å²) in [7, 11) is -3.82. The molecule has 156 valence electrons. The Hall–Kier alpha value is -2.10. The number of anilines is 1. The second kappa shape index (κ2) is 8.73. The van der Waals surface area contributed by atoms with Crippen molar-refractivity contribution in [3.63, 3.8) is 0 Å². The fraction of sp³-hybridized carbons (Fsp3) is 0.333. The summed E-state index contributed by atoms with van der Waals surface area (Å²) in [6.45, 7) is 1.39. The quantitative estimate of drug-likeness (QED) is 0.734. The number of halogens is 3. The number of pyridine rings is 1. The van der Waals surface area contributed by atoms with Crippen molar-refractivity contribution in [1.82, 2.24) is 9.71 Å². The minimum absolute atomic E-state index is 0.0199. The van der Waals surface area contributed by atoms with Gasteiger partial charge in [-0.3, -0.25) is 9.78 Å². The standard InChI is InChI=1S/C18H18Cl2FN3O4S/c1-29(26,27)23-18(25)14-7-15(20)17(8-16(14)21)28-13-2-4-24(5-3-13)12-6-11(19)9-22-10-12/h6-10,13H,2-5H2,1H3,(H,23,25). The van der Waals surface area contributed by atoms with Gasteiger partial charge in [-0.1, -0.05) is 23.2 Å². The van der Waals surface area contributed by atoms with Gasteiger partial charge in [0.25, 0.3) is 5.91 Å². The summed E-state index contributed by atoms with van der Waals surface area (Å²) in [6.07, 6.45) is 5.25. The van der Waals surface area contributed by atoms with Crippen LogP contribution in [0.15, 0.2) is 30.6 Å². The molecule has 1 N–H and O–H groups in total. The van der Waals surface area contributed by atoms with Gasteiger partial charge in [-0.2, -0.15) is 0 Å². The van der Waals surface area contributed by atoms with Crippen molar-refractivity contribution in [2.45, 2.75) is 18.9 Å². The van der Waals surface area contributed by atoms with Crippen molar-refractivity contribution >= 4 is 44.8 Å². The average Bonchev–Trinajstić information content (AvgIpc) is 2.63. The Kier molecular flexibility index (Phi) is 6.50. The second-order valence-electron chi connectivity index (χ2n) is 6.63. The molecule has 2 aromatic rings. The Morgan fingerprint density at radius 2 is 1.93 bits per heavy atom. The summed E-state index contributed by atoms with van der Waals surface area (Å²) < 4.78 is 44.2. The van der Waals surface area contributed by atoms with Crippen LogP contribution in [0.3, 0.4) is 0 Å². The van der Waals surface area contributed by atoms with Crippen molar-refractivity contribution in [2.24, 2.45) is 0 Å². The van der Waals surface area contributed by atoms with E-state index < -0.39 is 27.3 Å². The van der Waals surface area contributed by atoms with E-state index in [1.54, 1.807) is 17.1 Å². The van der Waals surface area contributed by atoms with Crippen molar-refractivity contribution in [3.05, 3.63) is 52.0 Å². The van der Waals surface area contributed by atoms with Crippen LogP contribution in [-0.2, 0) is 10.0 Å². The van der Waals surface area contributed by atoms with Crippen LogP contribution >= 0.6 is 23.2 Å². The first-order chi connectivity index (χ1) is 13.6. The van der Waals surface area contributed by atoms with E-state index >= 15 is 0 Å². The van der Waals surface area contributed by atoms with Gasteiger partial charge in [-0.15, -0.1) is 0 Å². The first kappa shape index (κ1) is 21.6. The predicted molar refractivity (Wildman–Crippen MR) is 109 cm³/mol. The van der Waals surface area contributed by atoms with E-state index in [4.69, 9.17) is 27.9 Å². The zero-order valence-corrected chi connectivity index (χ0v) is 17.7. The minimum atomic E-state index is -3.82. The van der Waals surface area contributed by atoms with Gasteiger partial charge in [-0.05, 0) is 12.1 Å². The molecular weight excluding hydrogens is 444 g/mol. The maximum atomic E-state index is 14.3. The highest BCUT2D eigenvalue weighted by Gasteiger charge is 2.24. The lowest BCUT2D eigenvalue weighted by Gasteiger charge is -2.33. The average molecular weight is 462 g/mol. The van der Waals surface area contributed by atoms with Crippen LogP contribution in [0.4, 0.5) is 10.1 Å². The number of benzene rings is 1. The molecule has 0 bridgehead atoms. The highest BCUT2D eigenvalue weighted by Crippen LogP contribution is 2.31. The zero-order valence-electron chi connectivity index (χ0n) is 15.4. The molecule has 3 rings (SSSR count). The number of carbonyl (C=O) groups is 1. The highest BCUT2D eigenvalue weighted by atomic mass is 35.5. The van der Waals surface area contributed by atoms with Crippen molar-refractivity contribution in [1.29, 1.82) is 0 Å². The molecule has 1 aromatic heterocycles. The number of nitrogens with zero attached hydrogens (tertiary/aromatic N) is 2. The van der Waals surface area contributed by atoms with Crippen LogP contribution in [0, 0.1) is 5.82 Å². The zero-order chi connectivity index (χ0) is 21.2. The maximum absolute atomic E-state index is 14.3. The molecule has 0 spiro atoms. The van der Waals surface area contributed by atoms with Crippen LogP contribution in [0.25, 0.3) is 0 Å². The van der Waals surface area contributed by atoms with Gasteiger partial charge in [0, 0.05) is 38.2 Å². The van der Waals surface area contributed by atoms with E-state index in [1.165, 1.54) is 0 Å². The summed E-state index contributed by atoms with van der Waals surface area (Å²) in [5.41, 5.74) is 0.442. The minimum Gasteiger partial charge on any atom is -0.489 e. The molecule has 1 aliphatic rings. The number of ether oxygens (including phenoxy) is 1. The lowest BCUT2D eigenvalue weighted by Crippen LogP contribution is -2.38. The number of hydrogen-bond donors (Lipinski definition) is 1. The SMILES string of the molecule is CS(=O)(=O)NC(=O)c1cc(Cl)c(OC2CCN(c3cncc(Cl)c3)CC2)cc1F. The summed E-state index contributed by atoms with van der Waals surface area (Å²) in [5, 5.41) is 0.578. The third-order valence-corrected chi connectivity index (χ3v) is 5.39. The van der Waals surface area contributed by atoms with Crippen LogP contribution in [0.1, 0.15) is 23.2 Å². The molecule has 0 unspecified atom stereocenters. The smallest absolute Gasteiger partial charge is 0.267 e. The fourth-order valence-corrected chi connectivity index (χ4v) is 3.82. The van der Waals surface area contributed by atoms with E-state index in [2.05, 4.69) is 9.88 Å². The number of nitrogens with one attached hydrogen (secondary N) is 1. The molecule has 7 nitrogen and oxygen atoms in total. The summed E-state index contributed by atoms with van der Waals surface area (Å²) in [4.78, 5) is 18.1. The Bertz CT molecular complexity index is 1030. The molecule has 11 heteroatoms. The van der Waals surface area contributed by atoms with Crippen molar-refractivity contribution in [2.75, 3.05) is 24.2 Å². The normalized spacial score (nSPS) is 15.2. The Labute approximate surface area is 177 Å². The number of piperidine rings is 1. The van der Waals surface area contributed by atoms with E-state index in [9.17, 15) is 17.6 Å². The maximum Gasteiger partial charge on any atom is 0.267 e. The van der Waals surface area contributed by atoms with E-state index in [0.29, 0.717) is 31.0 Å². The summed E-state index contributed by atoms with van der Waals surface area (Å²) >= 11 is 12.1. The van der Waals surface area contributed by atoms with E-state index in [0.717, 1.165) is 24.1 Å². The molecule has 1 amide bonds. The monoisotopic (exact) mass is 461 g/mol. The third-order valence-electron chi connectivity index (χ3n) is 4.34. The lowest BCUT2D eigenvalue weighted by molar-refractivity contribution is 0.0977. The molecule has 1 aliphatic heterocycles. The van der Waals surface area contributed by atoms with Gasteiger partial charge in [0.1, 0.15) is 17.7 Å². The molecule has 1 fully saturated rings. The third kappa shape index (κ3) is 5.71. The Morgan fingerprint density at radius 3 is 2.55 bits per heavy atom. The van der Waals surface area contributed by atoms with Gasteiger partial charge in [0.2, 0.25) is 10.0 Å². The highest BCUT2D eigenvalue weighted by molar-refractivity contribution is 7.89. The molecule has 0 radical (unpaired) electrons. The molecule has 1 saturated heterocycles. The van der Waals surface area contributed by atoms with Crippen LogP contribution in [0.2, 0.25) is 10.0 Å². The second-order valence-corrected chi connectivity index (χ2v) is 9.22. The number of amides is 1. The van der Waals surface area contributed by atoms with Crippen molar-refractivity contribution < 1.29 is 22.3 Å². The molecule has 0 aliphatic carbocycles. The number of rotatable bonds is 5. The Balaban J connectivity index is 1.65. The van der Waals surface area contributed by atoms with Crippen molar-refractivity contribution in [3.8, 4) is 5.75 Å². The predicted octanol–water partition coefficient (Wildman–Crippen LogP) is 3.26. The number of sulfonamides is 1. The largest absolute Gasteiger partial charge is 0.489 e. The fourth-order valence-electron chi connectivity index (χ4n) is 3.00. The number of carbonyl (C=O) groups excluding carboxylic acids is 1. The first-order valence-corrected chi connectivity index (χ1v) is 11.3. The van der Waals surface area contributed by atoms with E-state index in [1.807, 2.05) is 6.07 Å². The van der Waals surface area contributed by atoms with Crippen LogP contribution in [-0.4, -0.2) is 44.8 Å². The summed E-state index contributed by atoms with van der Waals surface area (Å²) in [6, 6.07) is 3.88. The van der Waals surface area contributed by atoms with Gasteiger partial charge in [0.05, 0.1) is 33.7 Å². The lowest BCUT2D eigenvalue weighted by atomic mass is 10.1. The molecule has 0 atom stereocenters. The molecule has 2 heterocycles. The van der Waals surface area contributed by atoms with Gasteiger partial charge in [0.15, 0.2) is 0 Å². The van der Waals surface area contributed by atoms with Crippen LogP contribution < -0.4 is 14.4 Å². The molecule has 0 saturated carbocycles. The number of aromatic nitrogens is 1. The van der Waals surface area contributed by atoms with Gasteiger partial charge in [-0.25, -0.2) is 17.5 Å². The number of hydrogen-bond acceptors (Lipinski definition) is 6. The van der Waals surface area contributed by atoms with E-state index in [-0.39, 0.29) is 16.9 Å². The topological polar surface area (TPSA) is 88.6 Å². The molecular formula is C18H18Cl2FN3O4S. The van der Waals surface area contributed by atoms with Crippen LogP contribution in [0.5, 0.6) is 5.75 Å². The van der Waals surface area contributed by atoms with Gasteiger partial charge < -0.3 is 9.64 Å². The van der Waals surface area contributed by atoms with Gasteiger partial charge >= 0.3 is 0 Å². The molecule has 29 heavy (non-hydrogen) atoms. The summed E-state index contributed by atoms with van der Waals surface area (Å²) in [5.74, 6) is -1.92. The molecule has 1 aromatic carbocycles.